The lowest BCUT2D eigenvalue weighted by molar-refractivity contribution is 0.339. The molecule has 0 aliphatic carbocycles. The summed E-state index contributed by atoms with van der Waals surface area (Å²) >= 11 is 0. The van der Waals surface area contributed by atoms with Gasteiger partial charge in [-0.15, -0.1) is 0 Å². The van der Waals surface area contributed by atoms with E-state index < -0.39 is 0 Å². The summed E-state index contributed by atoms with van der Waals surface area (Å²) in [5.74, 6) is 2.86. The summed E-state index contributed by atoms with van der Waals surface area (Å²) in [6.45, 7) is 7.38. The van der Waals surface area contributed by atoms with Crippen LogP contribution in [0.2, 0.25) is 0 Å². The molecule has 0 atom stereocenters. The second-order valence-corrected chi connectivity index (χ2v) is 5.73. The van der Waals surface area contributed by atoms with Gasteiger partial charge < -0.3 is 20.1 Å². The number of hydrogen-bond acceptors (Lipinski definition) is 4. The van der Waals surface area contributed by atoms with Gasteiger partial charge in [0.15, 0.2) is 5.96 Å². The van der Waals surface area contributed by atoms with E-state index in [1.165, 1.54) is 0 Å². The van der Waals surface area contributed by atoms with Crippen LogP contribution in [-0.2, 0) is 6.54 Å². The molecular weight excluding hydrogens is 316 g/mol. The number of nitrogens with zero attached hydrogens (tertiary/aromatic N) is 2. The summed E-state index contributed by atoms with van der Waals surface area (Å²) < 4.78 is 11.2. The SMILES string of the molecule is CCOc1ccc(Oc2cc(CNC(=NC)NC(C)C)ccn2)cc1. The number of nitrogens with one attached hydrogen (secondary N) is 2. The molecule has 134 valence electrons. The van der Waals surface area contributed by atoms with Gasteiger partial charge in [-0.05, 0) is 56.7 Å². The minimum atomic E-state index is 0.321. The van der Waals surface area contributed by atoms with Crippen molar-refractivity contribution in [3.05, 3.63) is 48.2 Å². The molecule has 0 radical (unpaired) electrons. The number of hydrogen-bond donors (Lipinski definition) is 2. The van der Waals surface area contributed by atoms with E-state index in [9.17, 15) is 0 Å². The molecule has 0 bridgehead atoms. The quantitative estimate of drug-likeness (QED) is 0.597. The molecule has 1 aromatic heterocycles. The minimum Gasteiger partial charge on any atom is -0.494 e. The summed E-state index contributed by atoms with van der Waals surface area (Å²) in [7, 11) is 1.75. The molecule has 0 amide bonds. The van der Waals surface area contributed by atoms with Gasteiger partial charge in [0.05, 0.1) is 6.61 Å². The van der Waals surface area contributed by atoms with Crippen LogP contribution in [-0.4, -0.2) is 30.6 Å². The first-order valence-electron chi connectivity index (χ1n) is 8.43. The van der Waals surface area contributed by atoms with Crippen LogP contribution in [0.4, 0.5) is 0 Å². The largest absolute Gasteiger partial charge is 0.494 e. The van der Waals surface area contributed by atoms with Gasteiger partial charge in [-0.2, -0.15) is 0 Å². The monoisotopic (exact) mass is 342 g/mol. The third-order valence-corrected chi connectivity index (χ3v) is 3.27. The van der Waals surface area contributed by atoms with Crippen LogP contribution in [0.25, 0.3) is 0 Å². The van der Waals surface area contributed by atoms with Crippen LogP contribution in [0.5, 0.6) is 17.4 Å². The number of aromatic nitrogens is 1. The molecule has 25 heavy (non-hydrogen) atoms. The molecule has 0 aliphatic heterocycles. The summed E-state index contributed by atoms with van der Waals surface area (Å²) in [6, 6.07) is 11.7. The fourth-order valence-corrected chi connectivity index (χ4v) is 2.16. The highest BCUT2D eigenvalue weighted by Gasteiger charge is 2.04. The van der Waals surface area contributed by atoms with Crippen molar-refractivity contribution < 1.29 is 9.47 Å². The summed E-state index contributed by atoms with van der Waals surface area (Å²) in [6.07, 6.45) is 1.74. The third kappa shape index (κ3) is 6.33. The molecule has 2 N–H and O–H groups in total. The number of ether oxygens (including phenoxy) is 2. The van der Waals surface area contributed by atoms with E-state index in [1.54, 1.807) is 13.2 Å². The molecule has 2 aromatic rings. The van der Waals surface area contributed by atoms with Gasteiger partial charge >= 0.3 is 0 Å². The van der Waals surface area contributed by atoms with Crippen LogP contribution in [0.15, 0.2) is 47.6 Å². The van der Waals surface area contributed by atoms with Crippen molar-refractivity contribution in [3.63, 3.8) is 0 Å². The highest BCUT2D eigenvalue weighted by Crippen LogP contribution is 2.23. The molecular formula is C19H26N4O2. The van der Waals surface area contributed by atoms with Crippen molar-refractivity contribution in [2.75, 3.05) is 13.7 Å². The zero-order valence-electron chi connectivity index (χ0n) is 15.2. The lowest BCUT2D eigenvalue weighted by Crippen LogP contribution is -2.40. The van der Waals surface area contributed by atoms with Gasteiger partial charge in [0.2, 0.25) is 5.88 Å². The van der Waals surface area contributed by atoms with E-state index in [-0.39, 0.29) is 0 Å². The molecule has 1 aromatic carbocycles. The Bertz CT molecular complexity index is 684. The lowest BCUT2D eigenvalue weighted by Gasteiger charge is -2.14. The minimum absolute atomic E-state index is 0.321. The van der Waals surface area contributed by atoms with Crippen molar-refractivity contribution in [3.8, 4) is 17.4 Å². The molecule has 6 heteroatoms. The molecule has 0 spiro atoms. The predicted octanol–water partition coefficient (Wildman–Crippen LogP) is 3.35. The van der Waals surface area contributed by atoms with Crippen molar-refractivity contribution in [2.45, 2.75) is 33.4 Å². The number of guanidine groups is 1. The zero-order valence-corrected chi connectivity index (χ0v) is 15.2. The molecule has 0 saturated heterocycles. The fourth-order valence-electron chi connectivity index (χ4n) is 2.16. The Labute approximate surface area is 149 Å². The molecule has 6 nitrogen and oxygen atoms in total. The third-order valence-electron chi connectivity index (χ3n) is 3.27. The van der Waals surface area contributed by atoms with Gasteiger partial charge in [-0.3, -0.25) is 4.99 Å². The van der Waals surface area contributed by atoms with Crippen LogP contribution in [0.1, 0.15) is 26.3 Å². The average Bonchev–Trinajstić information content (AvgIpc) is 2.60. The fraction of sp³-hybridized carbons (Fsp3) is 0.368. The maximum atomic E-state index is 5.81. The second kappa shape index (κ2) is 9.52. The smallest absolute Gasteiger partial charge is 0.219 e. The van der Waals surface area contributed by atoms with Crippen LogP contribution in [0.3, 0.4) is 0 Å². The molecule has 0 aliphatic rings. The highest BCUT2D eigenvalue weighted by molar-refractivity contribution is 5.79. The summed E-state index contributed by atoms with van der Waals surface area (Å²) in [4.78, 5) is 8.45. The van der Waals surface area contributed by atoms with Gasteiger partial charge in [0, 0.05) is 31.9 Å². The Morgan fingerprint density at radius 2 is 1.88 bits per heavy atom. The second-order valence-electron chi connectivity index (χ2n) is 5.73. The lowest BCUT2D eigenvalue weighted by atomic mass is 10.2. The van der Waals surface area contributed by atoms with Gasteiger partial charge in [0.25, 0.3) is 0 Å². The van der Waals surface area contributed by atoms with Crippen molar-refractivity contribution in [2.24, 2.45) is 4.99 Å². The first-order valence-corrected chi connectivity index (χ1v) is 8.43. The van der Waals surface area contributed by atoms with Crippen LogP contribution in [0, 0.1) is 0 Å². The Morgan fingerprint density at radius 3 is 2.52 bits per heavy atom. The predicted molar refractivity (Wildman–Crippen MR) is 100 cm³/mol. The molecule has 2 rings (SSSR count). The number of pyridine rings is 1. The number of rotatable bonds is 7. The molecule has 1 heterocycles. The van der Waals surface area contributed by atoms with E-state index in [1.807, 2.05) is 43.3 Å². The van der Waals surface area contributed by atoms with E-state index in [0.29, 0.717) is 25.1 Å². The number of aliphatic imine (C=N–C) groups is 1. The Hall–Kier alpha value is -2.76. The zero-order chi connectivity index (χ0) is 18.1. The Morgan fingerprint density at radius 1 is 1.16 bits per heavy atom. The summed E-state index contributed by atoms with van der Waals surface area (Å²) in [5, 5.41) is 6.52. The van der Waals surface area contributed by atoms with Gasteiger partial charge in [-0.25, -0.2) is 4.98 Å². The van der Waals surface area contributed by atoms with E-state index >= 15 is 0 Å². The number of benzene rings is 1. The Balaban J connectivity index is 1.96. The van der Waals surface area contributed by atoms with Crippen molar-refractivity contribution in [1.29, 1.82) is 0 Å². The topological polar surface area (TPSA) is 67.8 Å². The maximum Gasteiger partial charge on any atom is 0.219 e. The first-order chi connectivity index (χ1) is 12.1. The standard InChI is InChI=1S/C19H26N4O2/c1-5-24-16-6-8-17(9-7-16)25-18-12-15(10-11-21-18)13-22-19(20-4)23-14(2)3/h6-12,14H,5,13H2,1-4H3,(H2,20,22,23). The van der Waals surface area contributed by atoms with Crippen molar-refractivity contribution in [1.82, 2.24) is 15.6 Å². The molecule has 0 unspecified atom stereocenters. The van der Waals surface area contributed by atoms with Crippen LogP contribution >= 0.6 is 0 Å². The van der Waals surface area contributed by atoms with Gasteiger partial charge in [-0.1, -0.05) is 0 Å². The average molecular weight is 342 g/mol. The Kier molecular flexibility index (Phi) is 7.07. The maximum absolute atomic E-state index is 5.81. The van der Waals surface area contributed by atoms with Crippen molar-refractivity contribution >= 4 is 5.96 Å². The van der Waals surface area contributed by atoms with E-state index in [0.717, 1.165) is 23.0 Å². The van der Waals surface area contributed by atoms with Gasteiger partial charge in [0.1, 0.15) is 11.5 Å². The normalized spacial score (nSPS) is 11.3. The molecule has 0 fully saturated rings. The van der Waals surface area contributed by atoms with Crippen LogP contribution < -0.4 is 20.1 Å². The first kappa shape index (κ1) is 18.6. The van der Waals surface area contributed by atoms with E-state index in [4.69, 9.17) is 9.47 Å². The van der Waals surface area contributed by atoms with E-state index in [2.05, 4.69) is 34.5 Å². The highest BCUT2D eigenvalue weighted by atomic mass is 16.5. The summed E-state index contributed by atoms with van der Waals surface area (Å²) in [5.41, 5.74) is 1.06. The molecule has 0 saturated carbocycles.